The van der Waals surface area contributed by atoms with Gasteiger partial charge in [0, 0.05) is 10.3 Å². The van der Waals surface area contributed by atoms with Crippen molar-refractivity contribution >= 4 is 28.6 Å². The van der Waals surface area contributed by atoms with Crippen LogP contribution < -0.4 is 0 Å². The fraction of sp³-hybridized carbons (Fsp3) is 0.952. The first-order valence-corrected chi connectivity index (χ1v) is 11.9. The molecule has 156 valence electrons. The third kappa shape index (κ3) is 15.2. The highest BCUT2D eigenvalue weighted by Gasteiger charge is 2.41. The number of carbonyl (C=O) groups excluding carboxylic acids is 1. The van der Waals surface area contributed by atoms with E-state index in [1.54, 1.807) is 6.92 Å². The summed E-state index contributed by atoms with van der Waals surface area (Å²) in [5.41, 5.74) is 0. The molecule has 1 atom stereocenters. The molecule has 0 aromatic heterocycles. The molecule has 2 nitrogen and oxygen atoms in total. The highest BCUT2D eigenvalue weighted by Crippen LogP contribution is 2.28. The van der Waals surface area contributed by atoms with Crippen LogP contribution in [0.25, 0.3) is 0 Å². The van der Waals surface area contributed by atoms with Crippen LogP contribution in [-0.2, 0) is 9.53 Å². The molecule has 0 aliphatic heterocycles. The average molecular weight is 488 g/mol. The Bertz CT molecular complexity index is 338. The maximum absolute atomic E-state index is 13.6. The number of alkyl halides is 3. The van der Waals surface area contributed by atoms with E-state index in [4.69, 9.17) is 0 Å². The number of esters is 1. The van der Waals surface area contributed by atoms with Crippen molar-refractivity contribution in [2.24, 2.45) is 0 Å². The minimum atomic E-state index is -3.35. The van der Waals surface area contributed by atoms with E-state index >= 15 is 0 Å². The van der Waals surface area contributed by atoms with Gasteiger partial charge >= 0.3 is 11.9 Å². The van der Waals surface area contributed by atoms with E-state index in [1.165, 1.54) is 70.6 Å². The maximum atomic E-state index is 13.6. The molecule has 0 saturated heterocycles. The van der Waals surface area contributed by atoms with Gasteiger partial charge in [-0.25, -0.2) is 4.79 Å². The third-order valence-corrected chi connectivity index (χ3v) is 5.74. The molecule has 5 heteroatoms. The fourth-order valence-corrected chi connectivity index (χ4v) is 4.08. The second-order valence-corrected chi connectivity index (χ2v) is 9.02. The van der Waals surface area contributed by atoms with Crippen LogP contribution in [0.2, 0.25) is 0 Å². The number of hydrogen-bond acceptors (Lipinski definition) is 2. The minimum Gasteiger partial charge on any atom is -0.462 e. The molecule has 0 aliphatic rings. The molecule has 0 amide bonds. The second-order valence-electron chi connectivity index (χ2n) is 7.26. The lowest BCUT2D eigenvalue weighted by Crippen LogP contribution is -2.33. The van der Waals surface area contributed by atoms with Gasteiger partial charge in [0.2, 0.25) is 0 Å². The summed E-state index contributed by atoms with van der Waals surface area (Å²) in [4.78, 5) is 11.2. The zero-order valence-electron chi connectivity index (χ0n) is 16.8. The quantitative estimate of drug-likeness (QED) is 0.0850. The zero-order valence-corrected chi connectivity index (χ0v) is 19.0. The molecule has 0 fully saturated rings. The molecular formula is C21H39F2IO2. The Balaban J connectivity index is 3.45. The SMILES string of the molecule is CCCCCCCCCCCCCCCC(I)CC(F)(F)C(=O)OCC. The Morgan fingerprint density at radius 3 is 1.69 bits per heavy atom. The Labute approximate surface area is 173 Å². The molecule has 1 unspecified atom stereocenters. The zero-order chi connectivity index (χ0) is 19.7. The first-order valence-electron chi connectivity index (χ1n) is 10.6. The van der Waals surface area contributed by atoms with E-state index in [-0.39, 0.29) is 10.5 Å². The number of ether oxygens (including phenoxy) is 1. The molecule has 0 saturated carbocycles. The van der Waals surface area contributed by atoms with E-state index < -0.39 is 18.3 Å². The standard InChI is InChI=1S/C21H39F2IO2/c1-3-5-6-7-8-9-10-11-12-13-14-15-16-17-19(24)18-21(22,23)20(25)26-4-2/h19H,3-18H2,1-2H3. The van der Waals surface area contributed by atoms with Crippen molar-refractivity contribution in [1.29, 1.82) is 0 Å². The lowest BCUT2D eigenvalue weighted by atomic mass is 10.0. The molecule has 0 aromatic carbocycles. The van der Waals surface area contributed by atoms with Crippen LogP contribution in [0.3, 0.4) is 0 Å². The van der Waals surface area contributed by atoms with Crippen LogP contribution in [0.15, 0.2) is 0 Å². The monoisotopic (exact) mass is 488 g/mol. The molecular weight excluding hydrogens is 449 g/mol. The summed E-state index contributed by atoms with van der Waals surface area (Å²) < 4.78 is 31.5. The summed E-state index contributed by atoms with van der Waals surface area (Å²) in [6, 6.07) is 0. The third-order valence-electron chi connectivity index (χ3n) is 4.67. The van der Waals surface area contributed by atoms with Crippen molar-refractivity contribution in [3.05, 3.63) is 0 Å². The molecule has 0 bridgehead atoms. The number of unbranched alkanes of at least 4 members (excludes halogenated alkanes) is 12. The summed E-state index contributed by atoms with van der Waals surface area (Å²) in [5, 5.41) is 0. The molecule has 0 aliphatic carbocycles. The highest BCUT2D eigenvalue weighted by molar-refractivity contribution is 14.1. The highest BCUT2D eigenvalue weighted by atomic mass is 127. The van der Waals surface area contributed by atoms with Crippen LogP contribution >= 0.6 is 22.6 Å². The summed E-state index contributed by atoms with van der Waals surface area (Å²) >= 11 is 2.04. The summed E-state index contributed by atoms with van der Waals surface area (Å²) in [5.74, 6) is -4.73. The smallest absolute Gasteiger partial charge is 0.377 e. The molecule has 0 aromatic rings. The number of rotatable bonds is 18. The lowest BCUT2D eigenvalue weighted by molar-refractivity contribution is -0.172. The second kappa shape index (κ2) is 17.2. The van der Waals surface area contributed by atoms with E-state index in [9.17, 15) is 13.6 Å². The first kappa shape index (κ1) is 26.1. The predicted octanol–water partition coefficient (Wildman–Crippen LogP) is 7.86. The Morgan fingerprint density at radius 1 is 0.846 bits per heavy atom. The first-order chi connectivity index (χ1) is 12.4. The van der Waals surface area contributed by atoms with E-state index in [0.717, 1.165) is 19.3 Å². The Hall–Kier alpha value is 0.0600. The summed E-state index contributed by atoms with van der Waals surface area (Å²) in [7, 11) is 0. The van der Waals surface area contributed by atoms with Gasteiger partial charge in [0.25, 0.3) is 0 Å². The van der Waals surface area contributed by atoms with Crippen molar-refractivity contribution in [2.45, 2.75) is 120 Å². The van der Waals surface area contributed by atoms with Gasteiger partial charge in [0.15, 0.2) is 0 Å². The lowest BCUT2D eigenvalue weighted by Gasteiger charge is -2.18. The van der Waals surface area contributed by atoms with Gasteiger partial charge in [0.1, 0.15) is 0 Å². The summed E-state index contributed by atoms with van der Waals surface area (Å²) in [6.07, 6.45) is 17.0. The minimum absolute atomic E-state index is 0.000801. The van der Waals surface area contributed by atoms with Gasteiger partial charge in [-0.1, -0.05) is 113 Å². The van der Waals surface area contributed by atoms with Gasteiger partial charge in [-0.3, -0.25) is 0 Å². The van der Waals surface area contributed by atoms with Gasteiger partial charge in [0.05, 0.1) is 6.61 Å². The van der Waals surface area contributed by atoms with Crippen molar-refractivity contribution in [3.8, 4) is 0 Å². The van der Waals surface area contributed by atoms with Gasteiger partial charge in [-0.2, -0.15) is 8.78 Å². The van der Waals surface area contributed by atoms with Crippen molar-refractivity contribution in [2.75, 3.05) is 6.61 Å². The van der Waals surface area contributed by atoms with Gasteiger partial charge < -0.3 is 4.74 Å². The molecule has 0 N–H and O–H groups in total. The molecule has 0 rings (SSSR count). The van der Waals surface area contributed by atoms with Crippen molar-refractivity contribution in [1.82, 2.24) is 0 Å². The molecule has 0 heterocycles. The number of carbonyl (C=O) groups is 1. The predicted molar refractivity (Wildman–Crippen MR) is 114 cm³/mol. The van der Waals surface area contributed by atoms with E-state index in [1.807, 2.05) is 22.6 Å². The topological polar surface area (TPSA) is 26.3 Å². The fourth-order valence-electron chi connectivity index (χ4n) is 3.08. The summed E-state index contributed by atoms with van der Waals surface area (Å²) in [6.45, 7) is 3.79. The van der Waals surface area contributed by atoms with E-state index in [2.05, 4.69) is 11.7 Å². The van der Waals surface area contributed by atoms with Gasteiger partial charge in [-0.05, 0) is 13.3 Å². The molecule has 26 heavy (non-hydrogen) atoms. The van der Waals surface area contributed by atoms with Crippen LogP contribution in [0.1, 0.15) is 110 Å². The molecule has 0 spiro atoms. The van der Waals surface area contributed by atoms with E-state index in [0.29, 0.717) is 0 Å². The average Bonchev–Trinajstić information content (AvgIpc) is 2.58. The Kier molecular flexibility index (Phi) is 17.2. The normalized spacial score (nSPS) is 13.0. The Morgan fingerprint density at radius 2 is 1.27 bits per heavy atom. The van der Waals surface area contributed by atoms with Crippen LogP contribution in [0, 0.1) is 0 Å². The van der Waals surface area contributed by atoms with Gasteiger partial charge in [-0.15, -0.1) is 0 Å². The van der Waals surface area contributed by atoms with Crippen LogP contribution in [0.4, 0.5) is 8.78 Å². The largest absolute Gasteiger partial charge is 0.462 e. The molecule has 0 radical (unpaired) electrons. The van der Waals surface area contributed by atoms with Crippen LogP contribution in [0.5, 0.6) is 0 Å². The van der Waals surface area contributed by atoms with Crippen LogP contribution in [-0.4, -0.2) is 22.4 Å². The van der Waals surface area contributed by atoms with Crippen molar-refractivity contribution < 1.29 is 18.3 Å². The number of hydrogen-bond donors (Lipinski definition) is 0. The maximum Gasteiger partial charge on any atom is 0.377 e. The van der Waals surface area contributed by atoms with Crippen molar-refractivity contribution in [3.63, 3.8) is 0 Å². The number of halogens is 3.